The predicted molar refractivity (Wildman–Crippen MR) is 86.2 cm³/mol. The van der Waals surface area contributed by atoms with Crippen molar-refractivity contribution >= 4 is 18.3 Å². The van der Waals surface area contributed by atoms with Crippen LogP contribution in [0.1, 0.15) is 5.56 Å². The zero-order valence-corrected chi connectivity index (χ0v) is 13.1. The van der Waals surface area contributed by atoms with Gasteiger partial charge in [-0.2, -0.15) is 0 Å². The second-order valence-electron chi connectivity index (χ2n) is 5.13. The van der Waals surface area contributed by atoms with E-state index in [9.17, 15) is 9.18 Å². The minimum Gasteiger partial charge on any atom is -0.439 e. The summed E-state index contributed by atoms with van der Waals surface area (Å²) in [6.07, 6.45) is 1.65. The van der Waals surface area contributed by atoms with Crippen molar-refractivity contribution in [2.24, 2.45) is 5.92 Å². The number of pyridine rings is 1. The average molecular weight is 338 g/mol. The average Bonchev–Trinajstić information content (AvgIpc) is 2.47. The van der Waals surface area contributed by atoms with E-state index in [1.165, 1.54) is 24.3 Å². The van der Waals surface area contributed by atoms with Crippen LogP contribution in [0, 0.1) is 11.7 Å². The Kier molecular flexibility index (Phi) is 5.90. The maximum Gasteiger partial charge on any atom is 0.225 e. The fourth-order valence-electron chi connectivity index (χ4n) is 2.01. The molecule has 1 aliphatic heterocycles. The molecule has 2 heterocycles. The van der Waals surface area contributed by atoms with Gasteiger partial charge in [0.25, 0.3) is 0 Å². The van der Waals surface area contributed by atoms with Crippen LogP contribution in [0.4, 0.5) is 4.39 Å². The van der Waals surface area contributed by atoms with Crippen LogP contribution < -0.4 is 15.4 Å². The molecule has 3 rings (SSSR count). The largest absolute Gasteiger partial charge is 0.439 e. The summed E-state index contributed by atoms with van der Waals surface area (Å²) in [5.74, 6) is 0.768. The van der Waals surface area contributed by atoms with Crippen molar-refractivity contribution in [1.29, 1.82) is 0 Å². The number of ether oxygens (including phenoxy) is 1. The highest BCUT2D eigenvalue weighted by Gasteiger charge is 2.24. The molecule has 0 spiro atoms. The van der Waals surface area contributed by atoms with Crippen LogP contribution in [0.5, 0.6) is 11.6 Å². The Bertz CT molecular complexity index is 645. The van der Waals surface area contributed by atoms with Gasteiger partial charge in [0.1, 0.15) is 11.6 Å². The van der Waals surface area contributed by atoms with Crippen molar-refractivity contribution in [3.8, 4) is 11.6 Å². The highest BCUT2D eigenvalue weighted by Crippen LogP contribution is 2.19. The molecule has 1 aliphatic rings. The Morgan fingerprint density at radius 1 is 1.26 bits per heavy atom. The van der Waals surface area contributed by atoms with Crippen molar-refractivity contribution in [1.82, 2.24) is 15.6 Å². The Labute approximate surface area is 139 Å². The zero-order chi connectivity index (χ0) is 15.4. The van der Waals surface area contributed by atoms with Gasteiger partial charge in [0.05, 0.1) is 5.92 Å². The molecular weight excluding hydrogens is 321 g/mol. The van der Waals surface area contributed by atoms with Crippen LogP contribution in [-0.2, 0) is 11.3 Å². The van der Waals surface area contributed by atoms with Crippen molar-refractivity contribution in [3.63, 3.8) is 0 Å². The number of nitrogens with zero attached hydrogens (tertiary/aromatic N) is 1. The molecule has 0 aliphatic carbocycles. The summed E-state index contributed by atoms with van der Waals surface area (Å²) >= 11 is 0. The first kappa shape index (κ1) is 17.2. The molecular formula is C16H17ClFN3O2. The van der Waals surface area contributed by atoms with E-state index in [-0.39, 0.29) is 30.0 Å². The van der Waals surface area contributed by atoms with Gasteiger partial charge >= 0.3 is 0 Å². The van der Waals surface area contributed by atoms with E-state index in [0.29, 0.717) is 18.2 Å². The molecule has 0 saturated carbocycles. The van der Waals surface area contributed by atoms with Crippen LogP contribution in [0.15, 0.2) is 42.6 Å². The van der Waals surface area contributed by atoms with Gasteiger partial charge in [-0.3, -0.25) is 4.79 Å². The Hall–Kier alpha value is -2.18. The molecule has 0 bridgehead atoms. The number of hydrogen-bond acceptors (Lipinski definition) is 4. The molecule has 5 nitrogen and oxygen atoms in total. The Morgan fingerprint density at radius 3 is 2.57 bits per heavy atom. The van der Waals surface area contributed by atoms with E-state index in [1.807, 2.05) is 6.07 Å². The lowest BCUT2D eigenvalue weighted by atomic mass is 10.0. The van der Waals surface area contributed by atoms with Crippen molar-refractivity contribution in [2.45, 2.75) is 6.54 Å². The lowest BCUT2D eigenvalue weighted by Gasteiger charge is -2.25. The smallest absolute Gasteiger partial charge is 0.225 e. The van der Waals surface area contributed by atoms with E-state index in [0.717, 1.165) is 18.7 Å². The fraction of sp³-hybridized carbons (Fsp3) is 0.250. The van der Waals surface area contributed by atoms with E-state index < -0.39 is 0 Å². The molecule has 122 valence electrons. The maximum atomic E-state index is 12.8. The number of amides is 1. The van der Waals surface area contributed by atoms with Gasteiger partial charge in [-0.15, -0.1) is 12.4 Å². The molecule has 1 saturated heterocycles. The van der Waals surface area contributed by atoms with E-state index in [1.54, 1.807) is 12.3 Å². The summed E-state index contributed by atoms with van der Waals surface area (Å²) in [6.45, 7) is 1.93. The quantitative estimate of drug-likeness (QED) is 0.878. The zero-order valence-electron chi connectivity index (χ0n) is 12.3. The molecule has 0 unspecified atom stereocenters. The molecule has 1 amide bonds. The maximum absolute atomic E-state index is 12.8. The number of rotatable bonds is 5. The first-order valence-electron chi connectivity index (χ1n) is 7.07. The summed E-state index contributed by atoms with van der Waals surface area (Å²) in [7, 11) is 0. The number of benzene rings is 1. The van der Waals surface area contributed by atoms with Crippen molar-refractivity contribution in [3.05, 3.63) is 54.0 Å². The summed E-state index contributed by atoms with van der Waals surface area (Å²) in [6, 6.07) is 9.29. The molecule has 1 fully saturated rings. The highest BCUT2D eigenvalue weighted by molar-refractivity contribution is 5.85. The number of aromatic nitrogens is 1. The topological polar surface area (TPSA) is 63.2 Å². The molecule has 1 aromatic carbocycles. The minimum atomic E-state index is -0.312. The third-order valence-electron chi connectivity index (χ3n) is 3.45. The summed E-state index contributed by atoms with van der Waals surface area (Å²) in [5.41, 5.74) is 0.895. The third-order valence-corrected chi connectivity index (χ3v) is 3.45. The van der Waals surface area contributed by atoms with Gasteiger partial charge in [0, 0.05) is 31.9 Å². The monoisotopic (exact) mass is 337 g/mol. The van der Waals surface area contributed by atoms with E-state index >= 15 is 0 Å². The molecule has 0 radical (unpaired) electrons. The molecule has 23 heavy (non-hydrogen) atoms. The lowest BCUT2D eigenvalue weighted by Crippen LogP contribution is -2.50. The number of carbonyl (C=O) groups is 1. The van der Waals surface area contributed by atoms with Gasteiger partial charge < -0.3 is 15.4 Å². The van der Waals surface area contributed by atoms with E-state index in [4.69, 9.17) is 4.74 Å². The van der Waals surface area contributed by atoms with Crippen LogP contribution in [0.3, 0.4) is 0 Å². The molecule has 2 aromatic rings. The van der Waals surface area contributed by atoms with Crippen molar-refractivity contribution in [2.75, 3.05) is 13.1 Å². The van der Waals surface area contributed by atoms with Crippen LogP contribution in [0.25, 0.3) is 0 Å². The second-order valence-corrected chi connectivity index (χ2v) is 5.13. The molecule has 7 heteroatoms. The first-order chi connectivity index (χ1) is 10.7. The lowest BCUT2D eigenvalue weighted by molar-refractivity contribution is -0.126. The SMILES string of the molecule is Cl.O=C(NCc1ccc(Oc2ccc(F)cc2)nc1)C1CNC1. The van der Waals surface area contributed by atoms with Crippen LogP contribution >= 0.6 is 12.4 Å². The standard InChI is InChI=1S/C16H16FN3O2.ClH/c17-13-2-4-14(5-3-13)22-15-6-1-11(7-19-15)8-20-16(21)12-9-18-10-12;/h1-7,12,18H,8-10H2,(H,20,21);1H. The van der Waals surface area contributed by atoms with E-state index in [2.05, 4.69) is 15.6 Å². The number of halogens is 2. The molecule has 1 aromatic heterocycles. The summed E-state index contributed by atoms with van der Waals surface area (Å²) < 4.78 is 18.3. The van der Waals surface area contributed by atoms with Crippen LogP contribution in [0.2, 0.25) is 0 Å². The third kappa shape index (κ3) is 4.64. The molecule has 2 N–H and O–H groups in total. The second kappa shape index (κ2) is 7.89. The predicted octanol–water partition coefficient (Wildman–Crippen LogP) is 2.27. The number of nitrogens with one attached hydrogen (secondary N) is 2. The Balaban J connectivity index is 0.00000192. The fourth-order valence-corrected chi connectivity index (χ4v) is 2.01. The highest BCUT2D eigenvalue weighted by atomic mass is 35.5. The summed E-state index contributed by atoms with van der Waals surface area (Å²) in [4.78, 5) is 15.9. The van der Waals surface area contributed by atoms with Gasteiger partial charge in [-0.1, -0.05) is 6.07 Å². The van der Waals surface area contributed by atoms with Gasteiger partial charge in [-0.25, -0.2) is 9.37 Å². The van der Waals surface area contributed by atoms with Gasteiger partial charge in [-0.05, 0) is 29.8 Å². The molecule has 0 atom stereocenters. The van der Waals surface area contributed by atoms with Crippen molar-refractivity contribution < 1.29 is 13.9 Å². The Morgan fingerprint density at radius 2 is 2.00 bits per heavy atom. The van der Waals surface area contributed by atoms with Gasteiger partial charge in [0.2, 0.25) is 11.8 Å². The first-order valence-corrected chi connectivity index (χ1v) is 7.07. The summed E-state index contributed by atoms with van der Waals surface area (Å²) in [5, 5.41) is 5.94. The number of hydrogen-bond donors (Lipinski definition) is 2. The number of carbonyl (C=O) groups excluding carboxylic acids is 1. The van der Waals surface area contributed by atoms with Gasteiger partial charge in [0.15, 0.2) is 0 Å². The minimum absolute atomic E-state index is 0. The normalized spacial score (nSPS) is 13.6. The van der Waals surface area contributed by atoms with Crippen LogP contribution in [-0.4, -0.2) is 24.0 Å².